The summed E-state index contributed by atoms with van der Waals surface area (Å²) in [7, 11) is -4.55. The summed E-state index contributed by atoms with van der Waals surface area (Å²) in [6.07, 6.45) is 0. The zero-order valence-electron chi connectivity index (χ0n) is 6.31. The third-order valence-electron chi connectivity index (χ3n) is 1.38. The fraction of sp³-hybridized carbons (Fsp3) is 0.143. The minimum absolute atomic E-state index is 0.495. The van der Waals surface area contributed by atoms with Crippen molar-refractivity contribution in [2.24, 2.45) is 0 Å². The van der Waals surface area contributed by atoms with Crippen molar-refractivity contribution in [1.29, 1.82) is 0 Å². The quantitative estimate of drug-likeness (QED) is 0.707. The van der Waals surface area contributed by atoms with Crippen molar-refractivity contribution in [2.75, 3.05) is 0 Å². The molecular weight excluding hydrogens is 180 g/mol. The lowest BCUT2D eigenvalue weighted by Gasteiger charge is -1.99. The summed E-state index contributed by atoms with van der Waals surface area (Å²) >= 11 is 0. The van der Waals surface area contributed by atoms with Crippen LogP contribution in [0.25, 0.3) is 0 Å². The van der Waals surface area contributed by atoms with Gasteiger partial charge in [0.25, 0.3) is 0 Å². The Morgan fingerprint density at radius 1 is 1.33 bits per heavy atom. The molecule has 0 amide bonds. The van der Waals surface area contributed by atoms with Crippen LogP contribution >= 0.6 is 0 Å². The van der Waals surface area contributed by atoms with E-state index in [9.17, 15) is 13.0 Å². The molecular formula is C7H7O4S. The lowest BCUT2D eigenvalue weighted by molar-refractivity contribution is 0.403. The summed E-state index contributed by atoms with van der Waals surface area (Å²) in [6.45, 7) is 1.68. The van der Waals surface area contributed by atoms with Crippen LogP contribution in [0.5, 0.6) is 5.75 Å². The lowest BCUT2D eigenvalue weighted by Crippen LogP contribution is -1.96. The minimum Gasteiger partial charge on any atom is -0.506 e. The predicted molar refractivity (Wildman–Crippen MR) is 40.7 cm³/mol. The second-order valence-corrected chi connectivity index (χ2v) is 3.77. The molecule has 0 unspecified atom stereocenters. The van der Waals surface area contributed by atoms with Crippen molar-refractivity contribution in [3.05, 3.63) is 23.8 Å². The van der Waals surface area contributed by atoms with E-state index >= 15 is 0 Å². The Morgan fingerprint density at radius 2 is 1.92 bits per heavy atom. The Balaban J connectivity index is 3.39. The highest BCUT2D eigenvalue weighted by Gasteiger charge is 2.16. The van der Waals surface area contributed by atoms with E-state index in [0.29, 0.717) is 5.56 Å². The molecule has 0 saturated heterocycles. The van der Waals surface area contributed by atoms with E-state index in [1.165, 1.54) is 12.1 Å². The van der Waals surface area contributed by atoms with E-state index in [0.717, 1.165) is 6.07 Å². The number of hydrogen-bond donors (Lipinski definition) is 1. The molecule has 65 valence electrons. The number of phenolic OH excluding ortho intramolecular Hbond substituents is 1. The monoisotopic (exact) mass is 187 g/mol. The highest BCUT2D eigenvalue weighted by molar-refractivity contribution is 7.85. The van der Waals surface area contributed by atoms with Crippen molar-refractivity contribution in [2.45, 2.75) is 11.8 Å². The molecule has 0 bridgehead atoms. The van der Waals surface area contributed by atoms with Crippen LogP contribution < -0.4 is 0 Å². The highest BCUT2D eigenvalue weighted by atomic mass is 32.2. The molecule has 1 N–H and O–H groups in total. The first-order chi connectivity index (χ1) is 5.41. The third kappa shape index (κ3) is 1.75. The molecule has 1 aromatic rings. The standard InChI is InChI=1S/C7H7O4S/c1-5-2-3-7(6(8)4-5)12(9,10)11/h2-4,8H,1H3. The normalized spacial score (nSPS) is 11.5. The van der Waals surface area contributed by atoms with Crippen LogP contribution in [-0.4, -0.2) is 13.5 Å². The first kappa shape index (κ1) is 9.02. The van der Waals surface area contributed by atoms with Gasteiger partial charge in [0, 0.05) is 0 Å². The first-order valence-corrected chi connectivity index (χ1v) is 4.57. The molecule has 0 aliphatic rings. The molecule has 0 aromatic heterocycles. The number of benzene rings is 1. The van der Waals surface area contributed by atoms with E-state index in [1.807, 2.05) is 0 Å². The summed E-state index contributed by atoms with van der Waals surface area (Å²) in [5.41, 5.74) is 0.694. The minimum atomic E-state index is -4.55. The van der Waals surface area contributed by atoms with E-state index in [1.54, 1.807) is 6.92 Å². The summed E-state index contributed by atoms with van der Waals surface area (Å²) in [4.78, 5) is -0.576. The van der Waals surface area contributed by atoms with Gasteiger partial charge in [0.2, 0.25) is 0 Å². The maximum absolute atomic E-state index is 10.4. The van der Waals surface area contributed by atoms with E-state index in [-0.39, 0.29) is 0 Å². The van der Waals surface area contributed by atoms with E-state index in [4.69, 9.17) is 5.11 Å². The largest absolute Gasteiger partial charge is 0.506 e. The first-order valence-electron chi connectivity index (χ1n) is 3.17. The number of phenols is 1. The Bertz CT molecular complexity index is 394. The summed E-state index contributed by atoms with van der Waals surface area (Å²) in [6, 6.07) is 3.77. The van der Waals surface area contributed by atoms with Gasteiger partial charge in [-0.1, -0.05) is 10.6 Å². The van der Waals surface area contributed by atoms with E-state index < -0.39 is 20.8 Å². The van der Waals surface area contributed by atoms with Crippen LogP contribution in [-0.2, 0) is 14.7 Å². The topological polar surface area (TPSA) is 74.3 Å². The molecule has 0 atom stereocenters. The highest BCUT2D eigenvalue weighted by Crippen LogP contribution is 2.22. The van der Waals surface area contributed by atoms with Crippen molar-refractivity contribution in [3.8, 4) is 5.75 Å². The van der Waals surface area contributed by atoms with Gasteiger partial charge in [-0.2, -0.15) is 8.42 Å². The zero-order chi connectivity index (χ0) is 9.35. The molecule has 0 fully saturated rings. The van der Waals surface area contributed by atoms with Crippen LogP contribution in [0.15, 0.2) is 23.1 Å². The molecule has 5 heteroatoms. The van der Waals surface area contributed by atoms with Crippen molar-refractivity contribution < 1.29 is 18.1 Å². The number of aryl methyl sites for hydroxylation is 1. The van der Waals surface area contributed by atoms with Crippen LogP contribution in [0.3, 0.4) is 0 Å². The Morgan fingerprint density at radius 3 is 2.33 bits per heavy atom. The number of hydrogen-bond acceptors (Lipinski definition) is 3. The summed E-state index contributed by atoms with van der Waals surface area (Å²) in [5, 5.41) is 9.05. The second-order valence-electron chi connectivity index (χ2n) is 2.43. The third-order valence-corrected chi connectivity index (χ3v) is 2.27. The zero-order valence-corrected chi connectivity index (χ0v) is 7.13. The SMILES string of the molecule is Cc1ccc(S([O])(=O)=O)c(O)c1. The molecule has 0 aliphatic heterocycles. The molecule has 1 radical (unpaired) electrons. The van der Waals surface area contributed by atoms with Gasteiger partial charge >= 0.3 is 10.1 Å². The Hall–Kier alpha value is -1.07. The van der Waals surface area contributed by atoms with Gasteiger partial charge in [-0.05, 0) is 24.6 Å². The number of rotatable bonds is 1. The van der Waals surface area contributed by atoms with Gasteiger partial charge in [-0.25, -0.2) is 0 Å². The molecule has 12 heavy (non-hydrogen) atoms. The van der Waals surface area contributed by atoms with Crippen molar-refractivity contribution >= 4 is 10.1 Å². The molecule has 0 saturated carbocycles. The van der Waals surface area contributed by atoms with Gasteiger partial charge < -0.3 is 5.11 Å². The van der Waals surface area contributed by atoms with Gasteiger partial charge in [0.1, 0.15) is 10.6 Å². The smallest absolute Gasteiger partial charge is 0.327 e. The Labute approximate surface area is 70.2 Å². The Kier molecular flexibility index (Phi) is 2.08. The maximum Gasteiger partial charge on any atom is 0.327 e. The summed E-state index contributed by atoms with van der Waals surface area (Å²) in [5.74, 6) is -0.495. The van der Waals surface area contributed by atoms with Crippen LogP contribution in [0.2, 0.25) is 0 Å². The fourth-order valence-electron chi connectivity index (χ4n) is 0.839. The number of aromatic hydroxyl groups is 1. The summed E-state index contributed by atoms with van der Waals surface area (Å²) < 4.78 is 31.3. The maximum atomic E-state index is 10.4. The van der Waals surface area contributed by atoms with Gasteiger partial charge in [0.15, 0.2) is 0 Å². The molecule has 4 nitrogen and oxygen atoms in total. The van der Waals surface area contributed by atoms with E-state index in [2.05, 4.69) is 0 Å². The predicted octanol–water partition coefficient (Wildman–Crippen LogP) is 0.820. The van der Waals surface area contributed by atoms with Crippen molar-refractivity contribution in [3.63, 3.8) is 0 Å². The van der Waals surface area contributed by atoms with Gasteiger partial charge in [-0.3, -0.25) is 0 Å². The lowest BCUT2D eigenvalue weighted by atomic mass is 10.2. The van der Waals surface area contributed by atoms with Crippen LogP contribution in [0, 0.1) is 6.92 Å². The van der Waals surface area contributed by atoms with Crippen LogP contribution in [0.1, 0.15) is 5.56 Å². The average molecular weight is 187 g/mol. The molecule has 0 spiro atoms. The van der Waals surface area contributed by atoms with Gasteiger partial charge in [0.05, 0.1) is 0 Å². The van der Waals surface area contributed by atoms with Gasteiger partial charge in [-0.15, -0.1) is 0 Å². The molecule has 1 aromatic carbocycles. The molecule has 1 rings (SSSR count). The second kappa shape index (κ2) is 2.76. The van der Waals surface area contributed by atoms with Crippen molar-refractivity contribution in [1.82, 2.24) is 0 Å². The molecule has 0 aliphatic carbocycles. The average Bonchev–Trinajstić information content (AvgIpc) is 1.83. The van der Waals surface area contributed by atoms with Crippen LogP contribution in [0.4, 0.5) is 0 Å². The molecule has 0 heterocycles. The fourth-order valence-corrected chi connectivity index (χ4v) is 1.39.